The predicted octanol–water partition coefficient (Wildman–Crippen LogP) is 3.46. The van der Waals surface area contributed by atoms with Gasteiger partial charge in [-0.1, -0.05) is 30.3 Å². The molecule has 1 unspecified atom stereocenters. The van der Waals surface area contributed by atoms with Crippen LogP contribution in [0, 0.1) is 0 Å². The molecule has 4 nitrogen and oxygen atoms in total. The molecule has 0 saturated heterocycles. The number of ether oxygens (including phenoxy) is 1. The number of esters is 1. The maximum atomic E-state index is 12.6. The van der Waals surface area contributed by atoms with E-state index < -0.39 is 5.92 Å². The number of fused-ring (bicyclic) bond motifs is 1. The van der Waals surface area contributed by atoms with E-state index in [2.05, 4.69) is 0 Å². The standard InChI is InChI=1S/C19H20N2O2/c1-3-23-19(22)18(13-8-10-14(20)11-9-13)16-12-21(2)17-7-5-4-6-15(16)17/h4-12,18H,3,20H2,1-2H3. The lowest BCUT2D eigenvalue weighted by atomic mass is 9.91. The summed E-state index contributed by atoms with van der Waals surface area (Å²) in [7, 11) is 1.98. The Balaban J connectivity index is 2.17. The average molecular weight is 308 g/mol. The minimum absolute atomic E-state index is 0.242. The summed E-state index contributed by atoms with van der Waals surface area (Å²) in [5, 5.41) is 1.06. The minimum atomic E-state index is -0.457. The molecular formula is C19H20N2O2. The SMILES string of the molecule is CCOC(=O)C(c1ccc(N)cc1)c1cn(C)c2ccccc12. The maximum Gasteiger partial charge on any atom is 0.317 e. The highest BCUT2D eigenvalue weighted by Gasteiger charge is 2.27. The first-order chi connectivity index (χ1) is 11.1. The molecule has 2 aromatic carbocycles. The molecule has 0 radical (unpaired) electrons. The van der Waals surface area contributed by atoms with Crippen LogP contribution >= 0.6 is 0 Å². The third-order valence-electron chi connectivity index (χ3n) is 4.03. The zero-order valence-electron chi connectivity index (χ0n) is 13.3. The van der Waals surface area contributed by atoms with Crippen molar-refractivity contribution in [3.63, 3.8) is 0 Å². The number of nitrogens with zero attached hydrogens (tertiary/aromatic N) is 1. The van der Waals surface area contributed by atoms with Crippen LogP contribution in [0.15, 0.2) is 54.7 Å². The van der Waals surface area contributed by atoms with E-state index in [1.54, 1.807) is 0 Å². The van der Waals surface area contributed by atoms with Crippen LogP contribution in [0.1, 0.15) is 24.0 Å². The first-order valence-electron chi connectivity index (χ1n) is 7.68. The molecule has 1 atom stereocenters. The largest absolute Gasteiger partial charge is 0.465 e. The molecule has 3 aromatic rings. The monoisotopic (exact) mass is 308 g/mol. The van der Waals surface area contributed by atoms with Gasteiger partial charge in [-0.05, 0) is 36.2 Å². The van der Waals surface area contributed by atoms with Gasteiger partial charge in [-0.2, -0.15) is 0 Å². The molecule has 118 valence electrons. The Morgan fingerprint density at radius 1 is 1.17 bits per heavy atom. The van der Waals surface area contributed by atoms with Crippen molar-refractivity contribution in [1.82, 2.24) is 4.57 Å². The van der Waals surface area contributed by atoms with Crippen LogP contribution < -0.4 is 5.73 Å². The van der Waals surface area contributed by atoms with E-state index in [1.165, 1.54) is 0 Å². The second kappa shape index (κ2) is 6.16. The van der Waals surface area contributed by atoms with Crippen LogP contribution in [-0.2, 0) is 16.6 Å². The van der Waals surface area contributed by atoms with Crippen LogP contribution in [0.4, 0.5) is 5.69 Å². The van der Waals surface area contributed by atoms with Gasteiger partial charge in [0, 0.05) is 29.8 Å². The highest BCUT2D eigenvalue weighted by atomic mass is 16.5. The highest BCUT2D eigenvalue weighted by Crippen LogP contribution is 2.33. The van der Waals surface area contributed by atoms with E-state index in [0.717, 1.165) is 22.0 Å². The van der Waals surface area contributed by atoms with Gasteiger partial charge < -0.3 is 15.0 Å². The number of rotatable bonds is 4. The Morgan fingerprint density at radius 2 is 1.87 bits per heavy atom. The molecule has 0 aliphatic carbocycles. The fourth-order valence-corrected chi connectivity index (χ4v) is 2.96. The first kappa shape index (κ1) is 15.2. The number of carbonyl (C=O) groups excluding carboxylic acids is 1. The van der Waals surface area contributed by atoms with Crippen molar-refractivity contribution in [2.24, 2.45) is 7.05 Å². The Hall–Kier alpha value is -2.75. The number of anilines is 1. The Morgan fingerprint density at radius 3 is 2.57 bits per heavy atom. The van der Waals surface area contributed by atoms with Crippen molar-refractivity contribution < 1.29 is 9.53 Å². The van der Waals surface area contributed by atoms with Crippen molar-refractivity contribution >= 4 is 22.6 Å². The van der Waals surface area contributed by atoms with E-state index in [0.29, 0.717) is 12.3 Å². The third kappa shape index (κ3) is 2.80. The second-order valence-corrected chi connectivity index (χ2v) is 5.56. The van der Waals surface area contributed by atoms with Gasteiger partial charge in [0.05, 0.1) is 6.61 Å². The molecule has 1 aromatic heterocycles. The van der Waals surface area contributed by atoms with Crippen molar-refractivity contribution in [2.45, 2.75) is 12.8 Å². The fraction of sp³-hybridized carbons (Fsp3) is 0.211. The molecule has 0 fully saturated rings. The van der Waals surface area contributed by atoms with E-state index in [9.17, 15) is 4.79 Å². The van der Waals surface area contributed by atoms with Crippen LogP contribution in [0.25, 0.3) is 10.9 Å². The smallest absolute Gasteiger partial charge is 0.317 e. The summed E-state index contributed by atoms with van der Waals surface area (Å²) >= 11 is 0. The highest BCUT2D eigenvalue weighted by molar-refractivity contribution is 5.92. The lowest BCUT2D eigenvalue weighted by molar-refractivity contribution is -0.143. The molecule has 1 heterocycles. The molecule has 0 spiro atoms. The topological polar surface area (TPSA) is 57.2 Å². The Kier molecular flexibility index (Phi) is 4.06. The lowest BCUT2D eigenvalue weighted by Crippen LogP contribution is -2.17. The van der Waals surface area contributed by atoms with Gasteiger partial charge in [-0.3, -0.25) is 4.79 Å². The summed E-state index contributed by atoms with van der Waals surface area (Å²) < 4.78 is 7.36. The Bertz CT molecular complexity index is 834. The molecule has 23 heavy (non-hydrogen) atoms. The van der Waals surface area contributed by atoms with Crippen LogP contribution in [0.2, 0.25) is 0 Å². The first-order valence-corrected chi connectivity index (χ1v) is 7.68. The van der Waals surface area contributed by atoms with Gasteiger partial charge >= 0.3 is 5.97 Å². The van der Waals surface area contributed by atoms with E-state index in [1.807, 2.05) is 73.3 Å². The number of para-hydroxylation sites is 1. The summed E-state index contributed by atoms with van der Waals surface area (Å²) in [4.78, 5) is 12.6. The minimum Gasteiger partial charge on any atom is -0.465 e. The van der Waals surface area contributed by atoms with Crippen LogP contribution in [0.3, 0.4) is 0 Å². The van der Waals surface area contributed by atoms with Crippen LogP contribution in [0.5, 0.6) is 0 Å². The van der Waals surface area contributed by atoms with Gasteiger partial charge in [0.25, 0.3) is 0 Å². The molecule has 0 aliphatic heterocycles. The molecule has 0 bridgehead atoms. The van der Waals surface area contributed by atoms with Gasteiger partial charge in [0.1, 0.15) is 5.92 Å². The molecule has 0 amide bonds. The molecule has 4 heteroatoms. The number of benzene rings is 2. The number of aryl methyl sites for hydroxylation is 1. The summed E-state index contributed by atoms with van der Waals surface area (Å²) in [5.41, 5.74) is 9.37. The van der Waals surface area contributed by atoms with Gasteiger partial charge in [0.15, 0.2) is 0 Å². The van der Waals surface area contributed by atoms with Crippen molar-refractivity contribution in [3.05, 3.63) is 65.9 Å². The normalized spacial score (nSPS) is 12.3. The predicted molar refractivity (Wildman–Crippen MR) is 92.2 cm³/mol. The van der Waals surface area contributed by atoms with Crippen LogP contribution in [-0.4, -0.2) is 17.1 Å². The van der Waals surface area contributed by atoms with E-state index in [4.69, 9.17) is 10.5 Å². The number of nitrogens with two attached hydrogens (primary N) is 1. The van der Waals surface area contributed by atoms with E-state index >= 15 is 0 Å². The van der Waals surface area contributed by atoms with Gasteiger partial charge in [0.2, 0.25) is 0 Å². The number of hydrogen-bond donors (Lipinski definition) is 1. The maximum absolute atomic E-state index is 12.6. The van der Waals surface area contributed by atoms with Gasteiger partial charge in [-0.15, -0.1) is 0 Å². The third-order valence-corrected chi connectivity index (χ3v) is 4.03. The Labute approximate surface area is 135 Å². The lowest BCUT2D eigenvalue weighted by Gasteiger charge is -2.16. The fourth-order valence-electron chi connectivity index (χ4n) is 2.96. The summed E-state index contributed by atoms with van der Waals surface area (Å²) in [5.74, 6) is -0.699. The molecule has 0 aliphatic rings. The molecular weight excluding hydrogens is 288 g/mol. The number of hydrogen-bond acceptors (Lipinski definition) is 3. The zero-order chi connectivity index (χ0) is 16.4. The summed E-state index contributed by atoms with van der Waals surface area (Å²) in [6.07, 6.45) is 2.00. The summed E-state index contributed by atoms with van der Waals surface area (Å²) in [6, 6.07) is 15.5. The number of aromatic nitrogens is 1. The molecule has 2 N–H and O–H groups in total. The zero-order valence-corrected chi connectivity index (χ0v) is 13.3. The summed E-state index contributed by atoms with van der Waals surface area (Å²) in [6.45, 7) is 2.18. The van der Waals surface area contributed by atoms with Gasteiger partial charge in [-0.25, -0.2) is 0 Å². The van der Waals surface area contributed by atoms with E-state index in [-0.39, 0.29) is 5.97 Å². The number of nitrogen functional groups attached to an aromatic ring is 1. The van der Waals surface area contributed by atoms with Crippen molar-refractivity contribution in [3.8, 4) is 0 Å². The quantitative estimate of drug-likeness (QED) is 0.593. The van der Waals surface area contributed by atoms with Crippen molar-refractivity contribution in [2.75, 3.05) is 12.3 Å². The second-order valence-electron chi connectivity index (χ2n) is 5.56. The molecule has 3 rings (SSSR count). The number of carbonyl (C=O) groups is 1. The van der Waals surface area contributed by atoms with Crippen molar-refractivity contribution in [1.29, 1.82) is 0 Å². The molecule has 0 saturated carbocycles. The average Bonchev–Trinajstić information content (AvgIpc) is 2.87.